The molecule has 0 aliphatic rings. The van der Waals surface area contributed by atoms with E-state index in [0.717, 1.165) is 12.5 Å². The molecule has 0 unspecified atom stereocenters. The molecule has 0 aliphatic heterocycles. The van der Waals surface area contributed by atoms with Crippen LogP contribution in [-0.4, -0.2) is 27.4 Å². The summed E-state index contributed by atoms with van der Waals surface area (Å²) >= 11 is 3.17. The Morgan fingerprint density at radius 1 is 1.14 bits per heavy atom. The lowest BCUT2D eigenvalue weighted by Crippen LogP contribution is -2.42. The molecule has 1 aromatic heterocycles. The highest BCUT2D eigenvalue weighted by atomic mass is 79.9. The number of esters is 1. The van der Waals surface area contributed by atoms with Gasteiger partial charge < -0.3 is 9.15 Å². The van der Waals surface area contributed by atoms with Crippen LogP contribution in [0.5, 0.6) is 0 Å². The number of hydrogen-bond donors (Lipinski definition) is 2. The molecule has 0 spiro atoms. The van der Waals surface area contributed by atoms with Crippen LogP contribution in [0.3, 0.4) is 0 Å². The summed E-state index contributed by atoms with van der Waals surface area (Å²) in [5, 5.41) is 0.747. The van der Waals surface area contributed by atoms with E-state index in [1.165, 1.54) is 18.2 Å². The van der Waals surface area contributed by atoms with Gasteiger partial charge in [-0.05, 0) is 31.2 Å². The first-order valence-electron chi connectivity index (χ1n) is 7.92. The maximum absolute atomic E-state index is 12.6. The Kier molecular flexibility index (Phi) is 5.54. The fourth-order valence-electron chi connectivity index (χ4n) is 2.62. The highest BCUT2D eigenvalue weighted by Crippen LogP contribution is 2.25. The number of furan rings is 1. The van der Waals surface area contributed by atoms with Crippen molar-refractivity contribution in [2.75, 3.05) is 7.11 Å². The zero-order valence-electron chi connectivity index (χ0n) is 14.8. The van der Waals surface area contributed by atoms with Crippen LogP contribution in [0.4, 0.5) is 0 Å². The number of methoxy groups -OCH3 is 1. The van der Waals surface area contributed by atoms with E-state index >= 15 is 0 Å². The summed E-state index contributed by atoms with van der Waals surface area (Å²) < 4.78 is 35.8. The second kappa shape index (κ2) is 7.74. The summed E-state index contributed by atoms with van der Waals surface area (Å²) in [4.78, 5) is 25.9. The zero-order chi connectivity index (χ0) is 20.5. The van der Waals surface area contributed by atoms with Crippen molar-refractivity contribution >= 4 is 48.8 Å². The van der Waals surface area contributed by atoms with Gasteiger partial charge in [0, 0.05) is 15.4 Å². The number of halogens is 1. The van der Waals surface area contributed by atoms with Gasteiger partial charge in [0.25, 0.3) is 10.0 Å². The largest absolute Gasteiger partial charge is 0.465 e. The lowest BCUT2D eigenvalue weighted by Gasteiger charge is -2.11. The van der Waals surface area contributed by atoms with E-state index in [9.17, 15) is 18.0 Å². The van der Waals surface area contributed by atoms with Crippen LogP contribution in [0.1, 0.15) is 26.5 Å². The molecular weight excluding hydrogens is 452 g/mol. The number of carbonyl (C=O) groups excluding carboxylic acids is 2. The molecule has 3 aromatic rings. The number of carbonyl (C=O) groups is 2. The predicted octanol–water partition coefficient (Wildman–Crippen LogP) is 2.91. The molecule has 0 saturated heterocycles. The Labute approximate surface area is 169 Å². The molecular formula is C18H15BrN2O6S. The van der Waals surface area contributed by atoms with E-state index in [0.29, 0.717) is 15.6 Å². The SMILES string of the molecule is COC(=O)c1cc(Br)ccc1S(=O)(=O)NNC(=O)c1oc2ccccc2c1C. The summed E-state index contributed by atoms with van der Waals surface area (Å²) in [6, 6.07) is 11.0. The van der Waals surface area contributed by atoms with E-state index in [1.807, 2.05) is 4.83 Å². The van der Waals surface area contributed by atoms with Crippen LogP contribution in [0.2, 0.25) is 0 Å². The third-order valence-corrected chi connectivity index (χ3v) is 5.78. The van der Waals surface area contributed by atoms with Crippen LogP contribution in [0.25, 0.3) is 11.0 Å². The molecule has 1 amide bonds. The number of ether oxygens (including phenoxy) is 1. The average molecular weight is 467 g/mol. The first kappa shape index (κ1) is 20.1. The highest BCUT2D eigenvalue weighted by molar-refractivity contribution is 9.10. The minimum Gasteiger partial charge on any atom is -0.465 e. The van der Waals surface area contributed by atoms with Gasteiger partial charge in [0.05, 0.1) is 17.6 Å². The van der Waals surface area contributed by atoms with Crippen molar-refractivity contribution < 1.29 is 27.2 Å². The highest BCUT2D eigenvalue weighted by Gasteiger charge is 2.25. The van der Waals surface area contributed by atoms with Crippen molar-refractivity contribution in [2.45, 2.75) is 11.8 Å². The zero-order valence-corrected chi connectivity index (χ0v) is 17.2. The molecule has 0 bridgehead atoms. The van der Waals surface area contributed by atoms with Gasteiger partial charge in [0.15, 0.2) is 5.76 Å². The number of nitrogens with one attached hydrogen (secondary N) is 2. The summed E-state index contributed by atoms with van der Waals surface area (Å²) in [6.07, 6.45) is 0. The quantitative estimate of drug-likeness (QED) is 0.441. The van der Waals surface area contributed by atoms with Crippen LogP contribution in [-0.2, 0) is 14.8 Å². The number of aryl methyl sites for hydroxylation is 1. The van der Waals surface area contributed by atoms with Gasteiger partial charge in [-0.1, -0.05) is 34.1 Å². The Morgan fingerprint density at radius 2 is 1.86 bits per heavy atom. The van der Waals surface area contributed by atoms with Gasteiger partial charge in [-0.2, -0.15) is 0 Å². The number of para-hydroxylation sites is 1. The maximum atomic E-state index is 12.6. The van der Waals surface area contributed by atoms with Gasteiger partial charge in [-0.15, -0.1) is 4.83 Å². The normalized spacial score (nSPS) is 11.4. The Morgan fingerprint density at radius 3 is 2.54 bits per heavy atom. The number of rotatable bonds is 5. The van der Waals surface area contributed by atoms with Gasteiger partial charge in [-0.3, -0.25) is 10.2 Å². The molecule has 0 radical (unpaired) electrons. The Bertz CT molecular complexity index is 1190. The second-order valence-corrected chi connectivity index (χ2v) is 8.31. The third kappa shape index (κ3) is 3.79. The van der Waals surface area contributed by atoms with Gasteiger partial charge >= 0.3 is 11.9 Å². The molecule has 10 heteroatoms. The average Bonchev–Trinajstić information content (AvgIpc) is 3.02. The van der Waals surface area contributed by atoms with Crippen molar-refractivity contribution in [1.29, 1.82) is 0 Å². The van der Waals surface area contributed by atoms with Crippen LogP contribution in [0.15, 0.2) is 56.2 Å². The third-order valence-electron chi connectivity index (χ3n) is 3.99. The fourth-order valence-corrected chi connectivity index (χ4v) is 4.00. The number of sulfonamides is 1. The predicted molar refractivity (Wildman–Crippen MR) is 104 cm³/mol. The van der Waals surface area contributed by atoms with E-state index in [4.69, 9.17) is 4.42 Å². The van der Waals surface area contributed by atoms with E-state index < -0.39 is 21.9 Å². The standard InChI is InChI=1S/C18H15BrN2O6S/c1-10-12-5-3-4-6-14(12)27-16(10)17(22)20-21-28(24,25)15-8-7-11(19)9-13(15)18(23)26-2/h3-9,21H,1-2H3,(H,20,22). The van der Waals surface area contributed by atoms with E-state index in [2.05, 4.69) is 26.1 Å². The van der Waals surface area contributed by atoms with Gasteiger partial charge in [0.2, 0.25) is 0 Å². The Hall–Kier alpha value is -2.69. The minimum absolute atomic E-state index is 0.0205. The number of amides is 1. The molecule has 0 atom stereocenters. The van der Waals surface area contributed by atoms with Gasteiger partial charge in [0.1, 0.15) is 5.58 Å². The molecule has 8 nitrogen and oxygen atoms in total. The van der Waals surface area contributed by atoms with Crippen LogP contribution >= 0.6 is 15.9 Å². The molecule has 2 N–H and O–H groups in total. The lowest BCUT2D eigenvalue weighted by atomic mass is 10.1. The Balaban J connectivity index is 1.86. The minimum atomic E-state index is -4.25. The van der Waals surface area contributed by atoms with E-state index in [-0.39, 0.29) is 16.2 Å². The first-order valence-corrected chi connectivity index (χ1v) is 10.2. The molecule has 0 fully saturated rings. The molecule has 0 saturated carbocycles. The number of fused-ring (bicyclic) bond motifs is 1. The molecule has 2 aromatic carbocycles. The van der Waals surface area contributed by atoms with E-state index in [1.54, 1.807) is 31.2 Å². The van der Waals surface area contributed by atoms with Crippen LogP contribution < -0.4 is 10.3 Å². The van der Waals surface area contributed by atoms with Crippen molar-refractivity contribution in [1.82, 2.24) is 10.3 Å². The second-order valence-electron chi connectivity index (χ2n) is 5.74. The molecule has 28 heavy (non-hydrogen) atoms. The summed E-state index contributed by atoms with van der Waals surface area (Å²) in [5.41, 5.74) is 3.01. The fraction of sp³-hybridized carbons (Fsp3) is 0.111. The summed E-state index contributed by atoms with van der Waals surface area (Å²) in [5.74, 6) is -1.62. The lowest BCUT2D eigenvalue weighted by molar-refractivity contribution is 0.0596. The molecule has 146 valence electrons. The number of hydrogen-bond acceptors (Lipinski definition) is 6. The topological polar surface area (TPSA) is 115 Å². The smallest absolute Gasteiger partial charge is 0.339 e. The van der Waals surface area contributed by atoms with Crippen molar-refractivity contribution in [3.63, 3.8) is 0 Å². The molecule has 3 rings (SSSR count). The van der Waals surface area contributed by atoms with Crippen LogP contribution in [0, 0.1) is 6.92 Å². The number of benzene rings is 2. The monoisotopic (exact) mass is 466 g/mol. The molecule has 0 aliphatic carbocycles. The maximum Gasteiger partial charge on any atom is 0.339 e. The summed E-state index contributed by atoms with van der Waals surface area (Å²) in [7, 11) is -3.12. The van der Waals surface area contributed by atoms with Gasteiger partial charge in [-0.25, -0.2) is 13.2 Å². The van der Waals surface area contributed by atoms with Crippen molar-refractivity contribution in [3.8, 4) is 0 Å². The van der Waals surface area contributed by atoms with Crippen molar-refractivity contribution in [3.05, 3.63) is 63.8 Å². The summed E-state index contributed by atoms with van der Waals surface area (Å²) in [6.45, 7) is 1.69. The molecule has 1 heterocycles. The number of hydrazine groups is 1. The first-order chi connectivity index (χ1) is 13.2. The van der Waals surface area contributed by atoms with Crippen molar-refractivity contribution in [2.24, 2.45) is 0 Å².